The largest absolute Gasteiger partial charge is 0.373 e. The van der Waals surface area contributed by atoms with Gasteiger partial charge in [-0.3, -0.25) is 4.79 Å². The third-order valence-electron chi connectivity index (χ3n) is 4.44. The quantitative estimate of drug-likeness (QED) is 0.813. The molecule has 0 aromatic carbocycles. The van der Waals surface area contributed by atoms with Crippen LogP contribution >= 0.6 is 0 Å². The van der Waals surface area contributed by atoms with Crippen LogP contribution in [0, 0.1) is 5.41 Å². The Bertz CT molecular complexity index is 298. The van der Waals surface area contributed by atoms with Crippen molar-refractivity contribution in [2.45, 2.75) is 58.1 Å². The molecule has 18 heavy (non-hydrogen) atoms. The van der Waals surface area contributed by atoms with E-state index in [0.717, 1.165) is 19.4 Å². The summed E-state index contributed by atoms with van der Waals surface area (Å²) in [5.41, 5.74) is 5.74. The zero-order valence-electron chi connectivity index (χ0n) is 11.7. The van der Waals surface area contributed by atoms with E-state index in [-0.39, 0.29) is 17.6 Å². The van der Waals surface area contributed by atoms with Gasteiger partial charge < -0.3 is 15.4 Å². The molecular weight excluding hydrogens is 228 g/mol. The minimum Gasteiger partial charge on any atom is -0.373 e. The highest BCUT2D eigenvalue weighted by atomic mass is 16.5. The fourth-order valence-corrected chi connectivity index (χ4v) is 3.11. The van der Waals surface area contributed by atoms with Crippen molar-refractivity contribution in [3.63, 3.8) is 0 Å². The molecule has 0 bridgehead atoms. The van der Waals surface area contributed by atoms with E-state index in [0.29, 0.717) is 19.1 Å². The molecule has 0 radical (unpaired) electrons. The van der Waals surface area contributed by atoms with Crippen molar-refractivity contribution < 1.29 is 9.53 Å². The van der Waals surface area contributed by atoms with E-state index in [2.05, 4.69) is 6.92 Å². The van der Waals surface area contributed by atoms with E-state index >= 15 is 0 Å². The minimum atomic E-state index is -0.141. The third-order valence-corrected chi connectivity index (χ3v) is 4.44. The summed E-state index contributed by atoms with van der Waals surface area (Å²) in [6.07, 6.45) is 5.70. The van der Waals surface area contributed by atoms with E-state index in [4.69, 9.17) is 10.5 Å². The summed E-state index contributed by atoms with van der Waals surface area (Å²) in [6.45, 7) is 6.07. The summed E-state index contributed by atoms with van der Waals surface area (Å²) in [4.78, 5) is 14.6. The van der Waals surface area contributed by atoms with E-state index < -0.39 is 0 Å². The van der Waals surface area contributed by atoms with Gasteiger partial charge in [0.15, 0.2) is 0 Å². The lowest BCUT2D eigenvalue weighted by molar-refractivity contribution is -0.151. The molecule has 2 N–H and O–H groups in total. The zero-order valence-corrected chi connectivity index (χ0v) is 11.7. The average Bonchev–Trinajstić information content (AvgIpc) is 2.39. The van der Waals surface area contributed by atoms with Gasteiger partial charge in [-0.05, 0) is 19.8 Å². The molecule has 1 aliphatic heterocycles. The molecule has 2 fully saturated rings. The van der Waals surface area contributed by atoms with Crippen LogP contribution in [0.3, 0.4) is 0 Å². The standard InChI is InChI=1S/C14H26N2O2/c1-11(15)12-10-16(8-9-18-12)13(17)14(2)6-4-3-5-7-14/h11-12H,3-10,15H2,1-2H3. The van der Waals surface area contributed by atoms with E-state index in [1.165, 1.54) is 19.3 Å². The number of nitrogens with two attached hydrogens (primary N) is 1. The van der Waals surface area contributed by atoms with Gasteiger partial charge in [0.2, 0.25) is 5.91 Å². The molecule has 104 valence electrons. The summed E-state index contributed by atoms with van der Waals surface area (Å²) in [7, 11) is 0. The first-order valence-corrected chi connectivity index (χ1v) is 7.19. The van der Waals surface area contributed by atoms with Crippen LogP contribution < -0.4 is 5.73 Å². The Kier molecular flexibility index (Phi) is 4.28. The molecule has 4 nitrogen and oxygen atoms in total. The third kappa shape index (κ3) is 2.86. The van der Waals surface area contributed by atoms with Crippen LogP contribution in [0.5, 0.6) is 0 Å². The average molecular weight is 254 g/mol. The predicted molar refractivity (Wildman–Crippen MR) is 71.2 cm³/mol. The molecule has 2 aliphatic rings. The summed E-state index contributed by atoms with van der Waals surface area (Å²) in [5, 5.41) is 0. The molecule has 1 saturated heterocycles. The van der Waals surface area contributed by atoms with Crippen molar-refractivity contribution in [2.75, 3.05) is 19.7 Å². The van der Waals surface area contributed by atoms with Gasteiger partial charge in [-0.2, -0.15) is 0 Å². The molecule has 2 rings (SSSR count). The number of amides is 1. The highest BCUT2D eigenvalue weighted by molar-refractivity contribution is 5.82. The van der Waals surface area contributed by atoms with Crippen molar-refractivity contribution >= 4 is 5.91 Å². The Hall–Kier alpha value is -0.610. The monoisotopic (exact) mass is 254 g/mol. The van der Waals surface area contributed by atoms with Crippen molar-refractivity contribution in [3.8, 4) is 0 Å². The first-order chi connectivity index (χ1) is 8.53. The number of hydrogen-bond acceptors (Lipinski definition) is 3. The maximum absolute atomic E-state index is 12.7. The minimum absolute atomic E-state index is 0.00473. The topological polar surface area (TPSA) is 55.6 Å². The number of hydrogen-bond donors (Lipinski definition) is 1. The first-order valence-electron chi connectivity index (χ1n) is 7.19. The summed E-state index contributed by atoms with van der Waals surface area (Å²) < 4.78 is 5.62. The lowest BCUT2D eigenvalue weighted by atomic mass is 9.74. The fourth-order valence-electron chi connectivity index (χ4n) is 3.11. The summed E-state index contributed by atoms with van der Waals surface area (Å²) in [5.74, 6) is 0.316. The SMILES string of the molecule is CC(N)C1CN(C(=O)C2(C)CCCCC2)CCO1. The Morgan fingerprint density at radius 3 is 2.67 bits per heavy atom. The highest BCUT2D eigenvalue weighted by Gasteiger charge is 2.39. The van der Waals surface area contributed by atoms with Crippen molar-refractivity contribution in [3.05, 3.63) is 0 Å². The van der Waals surface area contributed by atoms with Crippen LogP contribution in [0.2, 0.25) is 0 Å². The van der Waals surface area contributed by atoms with Crippen molar-refractivity contribution in [1.29, 1.82) is 0 Å². The van der Waals surface area contributed by atoms with Crippen LogP contribution in [0.15, 0.2) is 0 Å². The highest BCUT2D eigenvalue weighted by Crippen LogP contribution is 2.37. The summed E-state index contributed by atoms with van der Waals surface area (Å²) >= 11 is 0. The smallest absolute Gasteiger partial charge is 0.228 e. The first kappa shape index (κ1) is 13.8. The Labute approximate surface area is 110 Å². The molecule has 1 saturated carbocycles. The fraction of sp³-hybridized carbons (Fsp3) is 0.929. The van der Waals surface area contributed by atoms with Gasteiger partial charge in [-0.1, -0.05) is 26.2 Å². The number of carbonyl (C=O) groups is 1. The van der Waals surface area contributed by atoms with Gasteiger partial charge in [0.25, 0.3) is 0 Å². The number of nitrogens with zero attached hydrogens (tertiary/aromatic N) is 1. The second-order valence-electron chi connectivity index (χ2n) is 6.14. The number of ether oxygens (including phenoxy) is 1. The second kappa shape index (κ2) is 5.57. The van der Waals surface area contributed by atoms with Crippen LogP contribution in [-0.4, -0.2) is 42.6 Å². The summed E-state index contributed by atoms with van der Waals surface area (Å²) in [6, 6.07) is -0.0141. The molecular formula is C14H26N2O2. The van der Waals surface area contributed by atoms with Crippen LogP contribution in [0.4, 0.5) is 0 Å². The maximum Gasteiger partial charge on any atom is 0.228 e. The zero-order chi connectivity index (χ0) is 13.2. The Balaban J connectivity index is 1.99. The van der Waals surface area contributed by atoms with Crippen molar-refractivity contribution in [1.82, 2.24) is 4.90 Å². The van der Waals surface area contributed by atoms with E-state index in [1.54, 1.807) is 0 Å². The maximum atomic E-state index is 12.7. The molecule has 1 aliphatic carbocycles. The molecule has 2 unspecified atom stereocenters. The van der Waals surface area contributed by atoms with E-state index in [1.807, 2.05) is 11.8 Å². The molecule has 2 atom stereocenters. The predicted octanol–water partition coefficient (Wildman–Crippen LogP) is 1.53. The van der Waals surface area contributed by atoms with E-state index in [9.17, 15) is 4.79 Å². The number of morpholine rings is 1. The van der Waals surface area contributed by atoms with Crippen LogP contribution in [0.25, 0.3) is 0 Å². The Morgan fingerprint density at radius 1 is 1.39 bits per heavy atom. The molecule has 0 aromatic heterocycles. The lowest BCUT2D eigenvalue weighted by Gasteiger charge is -2.41. The van der Waals surface area contributed by atoms with Crippen LogP contribution in [-0.2, 0) is 9.53 Å². The second-order valence-corrected chi connectivity index (χ2v) is 6.14. The number of carbonyl (C=O) groups excluding carboxylic acids is 1. The van der Waals surface area contributed by atoms with Crippen LogP contribution in [0.1, 0.15) is 46.0 Å². The molecule has 1 heterocycles. The number of rotatable bonds is 2. The molecule has 0 spiro atoms. The Morgan fingerprint density at radius 2 is 2.06 bits per heavy atom. The van der Waals surface area contributed by atoms with Gasteiger partial charge in [0.1, 0.15) is 0 Å². The van der Waals surface area contributed by atoms with Gasteiger partial charge >= 0.3 is 0 Å². The lowest BCUT2D eigenvalue weighted by Crippen LogP contribution is -2.54. The van der Waals surface area contributed by atoms with Gasteiger partial charge in [-0.25, -0.2) is 0 Å². The van der Waals surface area contributed by atoms with Gasteiger partial charge in [0.05, 0.1) is 12.7 Å². The molecule has 4 heteroatoms. The molecule has 0 aromatic rings. The normalized spacial score (nSPS) is 29.9. The van der Waals surface area contributed by atoms with Gasteiger partial charge in [-0.15, -0.1) is 0 Å². The van der Waals surface area contributed by atoms with Crippen molar-refractivity contribution in [2.24, 2.45) is 11.1 Å². The van der Waals surface area contributed by atoms with Gasteiger partial charge in [0, 0.05) is 24.5 Å². The molecule has 1 amide bonds.